The molecule has 2 amide bonds. The van der Waals surface area contributed by atoms with E-state index in [1.54, 1.807) is 13.8 Å². The fourth-order valence-electron chi connectivity index (χ4n) is 7.64. The van der Waals surface area contributed by atoms with Crippen LogP contribution in [-0.4, -0.2) is 82.7 Å². The number of halogens is 2. The van der Waals surface area contributed by atoms with E-state index >= 15 is 0 Å². The van der Waals surface area contributed by atoms with Gasteiger partial charge in [0.2, 0.25) is 0 Å². The average Bonchev–Trinajstić information content (AvgIpc) is 4.02. The van der Waals surface area contributed by atoms with Crippen LogP contribution in [0.5, 0.6) is 0 Å². The maximum atomic E-state index is 13.9. The highest BCUT2D eigenvalue weighted by Gasteiger charge is 2.41. The molecule has 0 fully saturated rings. The van der Waals surface area contributed by atoms with Crippen molar-refractivity contribution in [3.05, 3.63) is 144 Å². The van der Waals surface area contributed by atoms with E-state index in [0.29, 0.717) is 23.0 Å². The largest absolute Gasteiger partial charge is 0.373 e. The molecule has 2 unspecified atom stereocenters. The van der Waals surface area contributed by atoms with Crippen LogP contribution in [0.3, 0.4) is 0 Å². The monoisotopic (exact) mass is 933 g/mol. The number of amides is 2. The summed E-state index contributed by atoms with van der Waals surface area (Å²) in [5, 5.41) is 6.25. The minimum atomic E-state index is -1.44. The highest BCUT2D eigenvalue weighted by atomic mass is 19.1. The lowest BCUT2D eigenvalue weighted by Gasteiger charge is -2.34. The van der Waals surface area contributed by atoms with Crippen molar-refractivity contribution in [3.8, 4) is 33.6 Å². The smallest absolute Gasteiger partial charge is 0.254 e. The lowest BCUT2D eigenvalue weighted by atomic mass is 9.85. The van der Waals surface area contributed by atoms with Crippen molar-refractivity contribution in [2.75, 3.05) is 39.8 Å². The molecule has 0 saturated carbocycles. The molecular formula is C54H66F2N6O6. The summed E-state index contributed by atoms with van der Waals surface area (Å²) in [7, 11) is 0. The van der Waals surface area contributed by atoms with Crippen LogP contribution in [0.1, 0.15) is 90.2 Å². The molecule has 2 heterocycles. The van der Waals surface area contributed by atoms with E-state index in [1.165, 1.54) is 0 Å². The first-order valence-electron chi connectivity index (χ1n) is 23.0. The topological polar surface area (TPSA) is 152 Å². The second-order valence-corrected chi connectivity index (χ2v) is 19.5. The third-order valence-electron chi connectivity index (χ3n) is 11.7. The van der Waals surface area contributed by atoms with Crippen molar-refractivity contribution in [2.45, 2.75) is 91.9 Å². The van der Waals surface area contributed by atoms with Gasteiger partial charge in [-0.3, -0.25) is 9.59 Å². The van der Waals surface area contributed by atoms with Crippen LogP contribution in [-0.2, 0) is 41.8 Å². The Kier molecular flexibility index (Phi) is 17.2. The Morgan fingerprint density at radius 2 is 0.868 bits per heavy atom. The molecular weight excluding hydrogens is 867 g/mol. The van der Waals surface area contributed by atoms with Gasteiger partial charge in [-0.25, -0.2) is 18.7 Å². The molecule has 0 aliphatic rings. The van der Waals surface area contributed by atoms with Gasteiger partial charge in [0.1, 0.15) is 25.0 Å². The van der Waals surface area contributed by atoms with Crippen molar-refractivity contribution in [1.29, 1.82) is 0 Å². The van der Waals surface area contributed by atoms with E-state index in [0.717, 1.165) is 33.4 Å². The fourth-order valence-corrected chi connectivity index (χ4v) is 7.64. The number of carbonyl (C=O) groups is 2. The minimum Gasteiger partial charge on any atom is -0.373 e. The Hall–Kier alpha value is -6.06. The number of aromatic nitrogens is 4. The first-order chi connectivity index (χ1) is 32.4. The quantitative estimate of drug-likeness (QED) is 0.0496. The van der Waals surface area contributed by atoms with E-state index in [4.69, 9.17) is 28.9 Å². The number of H-pyrrole nitrogens is 2. The summed E-state index contributed by atoms with van der Waals surface area (Å²) < 4.78 is 50.0. The number of imidazole rings is 2. The number of aromatic amines is 2. The van der Waals surface area contributed by atoms with Crippen molar-refractivity contribution in [3.63, 3.8) is 0 Å². The molecule has 0 aliphatic carbocycles. The van der Waals surface area contributed by atoms with E-state index in [2.05, 4.69) is 20.6 Å². The predicted molar refractivity (Wildman–Crippen MR) is 261 cm³/mol. The number of carbonyl (C=O) groups excluding carboxylic acids is 2. The molecule has 68 heavy (non-hydrogen) atoms. The standard InChI is InChI=1S/C54H66F2N6O6/c1-51(2,3)45(61-49(63)53(7,67-29-27-55)35-65-33-37-15-11-9-12-16-37)47-57-31-43(59-47)41-23-19-39(20-24-41)40-21-25-42(26-22-40)44-32-58-48(60-44)46(52(4,5)6)62-50(64)54(8,68-30-28-56)36-66-34-38-17-13-10-14-18-38/h9-26,31-32,45-46H,27-30,33-36H2,1-8H3,(H,57,59)(H,58,60)(H,61,63)(H,62,64)/t45-,46-,53?,54?/m1/s1. The van der Waals surface area contributed by atoms with E-state index in [1.807, 2.05) is 163 Å². The molecule has 2 aromatic heterocycles. The van der Waals surface area contributed by atoms with Gasteiger partial charge >= 0.3 is 0 Å². The van der Waals surface area contributed by atoms with Crippen LogP contribution < -0.4 is 10.6 Å². The first-order valence-corrected chi connectivity index (χ1v) is 23.0. The zero-order chi connectivity index (χ0) is 49.0. The summed E-state index contributed by atoms with van der Waals surface area (Å²) in [5.74, 6) is 0.281. The van der Waals surface area contributed by atoms with Gasteiger partial charge in [0.05, 0.1) is 63.1 Å². The minimum absolute atomic E-state index is 0.0691. The molecule has 0 saturated heterocycles. The van der Waals surface area contributed by atoms with E-state index < -0.39 is 59.3 Å². The molecule has 0 bridgehead atoms. The average molecular weight is 933 g/mol. The second kappa shape index (κ2) is 22.8. The Morgan fingerprint density at radius 1 is 0.529 bits per heavy atom. The van der Waals surface area contributed by atoms with Crippen LogP contribution in [0.4, 0.5) is 8.78 Å². The van der Waals surface area contributed by atoms with Crippen LogP contribution >= 0.6 is 0 Å². The van der Waals surface area contributed by atoms with Crippen molar-refractivity contribution in [1.82, 2.24) is 30.6 Å². The Morgan fingerprint density at radius 3 is 1.19 bits per heavy atom. The van der Waals surface area contributed by atoms with Crippen LogP contribution in [0, 0.1) is 10.8 Å². The number of alkyl halides is 2. The highest BCUT2D eigenvalue weighted by molar-refractivity contribution is 5.86. The van der Waals surface area contributed by atoms with Crippen LogP contribution in [0.15, 0.2) is 122 Å². The number of rotatable bonds is 23. The zero-order valence-corrected chi connectivity index (χ0v) is 40.5. The summed E-state index contributed by atoms with van der Waals surface area (Å²) >= 11 is 0. The summed E-state index contributed by atoms with van der Waals surface area (Å²) in [5.41, 5.74) is 3.29. The third-order valence-corrected chi connectivity index (χ3v) is 11.7. The number of hydrogen-bond acceptors (Lipinski definition) is 8. The molecule has 362 valence electrons. The molecule has 12 nitrogen and oxygen atoms in total. The summed E-state index contributed by atoms with van der Waals surface area (Å²) in [6.07, 6.45) is 3.64. The number of benzene rings is 4. The molecule has 6 rings (SSSR count). The van der Waals surface area contributed by atoms with E-state index in [-0.39, 0.29) is 39.6 Å². The maximum absolute atomic E-state index is 13.9. The fraction of sp³-hybridized carbons (Fsp3) is 0.407. The molecule has 0 spiro atoms. The highest BCUT2D eigenvalue weighted by Crippen LogP contribution is 2.36. The van der Waals surface area contributed by atoms with Gasteiger partial charge in [-0.1, -0.05) is 151 Å². The SMILES string of the molecule is CC(COCc1ccccc1)(OCCF)C(=O)N[C@H](c1nc(-c2ccc(-c3ccc(-c4c[nH]c([C@@H](NC(=O)C(C)(COCc5ccccc5)OCCF)C(C)(C)C)n4)cc3)cc2)c[nH]1)C(C)(C)C. The molecule has 0 aliphatic heterocycles. The van der Waals surface area contributed by atoms with Crippen molar-refractivity contribution in [2.24, 2.45) is 10.8 Å². The number of hydrogen-bond donors (Lipinski definition) is 4. The van der Waals surface area contributed by atoms with Crippen LogP contribution in [0.2, 0.25) is 0 Å². The predicted octanol–water partition coefficient (Wildman–Crippen LogP) is 10.5. The first kappa shape index (κ1) is 51.3. The lowest BCUT2D eigenvalue weighted by molar-refractivity contribution is -0.157. The molecule has 6 aromatic rings. The van der Waals surface area contributed by atoms with Gasteiger partial charge in [-0.2, -0.15) is 0 Å². The molecule has 4 N–H and O–H groups in total. The summed E-state index contributed by atoms with van der Waals surface area (Å²) in [6.45, 7) is 13.7. The number of ether oxygens (including phenoxy) is 4. The normalized spacial score (nSPS) is 14.7. The zero-order valence-electron chi connectivity index (χ0n) is 40.5. The Bertz CT molecular complexity index is 2330. The third kappa shape index (κ3) is 13.6. The maximum Gasteiger partial charge on any atom is 0.254 e. The molecule has 0 radical (unpaired) electrons. The van der Waals surface area contributed by atoms with Crippen molar-refractivity contribution < 1.29 is 37.3 Å². The van der Waals surface area contributed by atoms with Gasteiger partial charge in [0.25, 0.3) is 11.8 Å². The molecule has 14 heteroatoms. The summed E-state index contributed by atoms with van der Waals surface area (Å²) in [6, 6.07) is 34.3. The van der Waals surface area contributed by atoms with Gasteiger partial charge in [0, 0.05) is 23.5 Å². The second-order valence-electron chi connectivity index (χ2n) is 19.5. The van der Waals surface area contributed by atoms with Gasteiger partial charge in [-0.15, -0.1) is 0 Å². The molecule has 4 aromatic carbocycles. The Labute approximate surface area is 399 Å². The van der Waals surface area contributed by atoms with Crippen molar-refractivity contribution >= 4 is 11.8 Å². The molecule has 4 atom stereocenters. The van der Waals surface area contributed by atoms with Gasteiger partial charge < -0.3 is 39.5 Å². The van der Waals surface area contributed by atoms with Gasteiger partial charge in [0.15, 0.2) is 11.2 Å². The number of nitrogens with one attached hydrogen (secondary N) is 4. The number of nitrogens with zero attached hydrogens (tertiary/aromatic N) is 2. The lowest BCUT2D eigenvalue weighted by Crippen LogP contribution is -2.53. The summed E-state index contributed by atoms with van der Waals surface area (Å²) in [4.78, 5) is 44.2. The van der Waals surface area contributed by atoms with E-state index in [9.17, 15) is 18.4 Å². The Balaban J connectivity index is 1.11. The van der Waals surface area contributed by atoms with Gasteiger partial charge in [-0.05, 0) is 46.9 Å². The van der Waals surface area contributed by atoms with Crippen LogP contribution in [0.25, 0.3) is 33.6 Å².